The number of benzene rings is 1. The fourth-order valence-electron chi connectivity index (χ4n) is 3.22. The van der Waals surface area contributed by atoms with Crippen LogP contribution in [0.15, 0.2) is 30.3 Å². The van der Waals surface area contributed by atoms with Gasteiger partial charge in [-0.1, -0.05) is 56.5 Å². The van der Waals surface area contributed by atoms with Crippen LogP contribution in [0.3, 0.4) is 0 Å². The predicted octanol–water partition coefficient (Wildman–Crippen LogP) is 3.52. The largest absolute Gasteiger partial charge is 0.348 e. The molecule has 1 saturated carbocycles. The second-order valence-corrected chi connectivity index (χ2v) is 6.15. The van der Waals surface area contributed by atoms with Gasteiger partial charge in [-0.2, -0.15) is 0 Å². The molecule has 116 valence electrons. The van der Waals surface area contributed by atoms with Crippen molar-refractivity contribution in [1.29, 1.82) is 0 Å². The molecule has 0 spiro atoms. The van der Waals surface area contributed by atoms with Crippen molar-refractivity contribution >= 4 is 5.91 Å². The molecule has 1 aromatic rings. The minimum atomic E-state index is 0.124. The van der Waals surface area contributed by atoms with Crippen LogP contribution in [-0.2, 0) is 4.79 Å². The van der Waals surface area contributed by atoms with Gasteiger partial charge < -0.3 is 5.32 Å². The standard InChI is InChI=1S/C18H28N2O/c1-3-17(15-10-6-4-7-11-15)19-18(21)14-20(2)16-12-8-5-9-13-16/h4,6-7,10-11,16-17H,3,5,8-9,12-14H2,1-2H3,(H,19,21). The lowest BCUT2D eigenvalue weighted by atomic mass is 9.94. The molecule has 1 N–H and O–H groups in total. The minimum absolute atomic E-state index is 0.124. The number of hydrogen-bond donors (Lipinski definition) is 1. The van der Waals surface area contributed by atoms with E-state index in [1.807, 2.05) is 18.2 Å². The van der Waals surface area contributed by atoms with E-state index in [-0.39, 0.29) is 11.9 Å². The second-order valence-electron chi connectivity index (χ2n) is 6.15. The summed E-state index contributed by atoms with van der Waals surface area (Å²) in [5.41, 5.74) is 1.19. The summed E-state index contributed by atoms with van der Waals surface area (Å²) in [5.74, 6) is 0.138. The van der Waals surface area contributed by atoms with Crippen LogP contribution in [0.2, 0.25) is 0 Å². The van der Waals surface area contributed by atoms with E-state index in [1.54, 1.807) is 0 Å². The van der Waals surface area contributed by atoms with Crippen molar-refractivity contribution in [3.63, 3.8) is 0 Å². The van der Waals surface area contributed by atoms with E-state index >= 15 is 0 Å². The third-order valence-corrected chi connectivity index (χ3v) is 4.54. The van der Waals surface area contributed by atoms with Crippen molar-refractivity contribution in [2.45, 2.75) is 57.5 Å². The molecular weight excluding hydrogens is 260 g/mol. The Hall–Kier alpha value is -1.35. The highest BCUT2D eigenvalue weighted by atomic mass is 16.2. The maximum Gasteiger partial charge on any atom is 0.234 e. The maximum atomic E-state index is 12.3. The first-order chi connectivity index (χ1) is 10.2. The lowest BCUT2D eigenvalue weighted by molar-refractivity contribution is -0.123. The van der Waals surface area contributed by atoms with Gasteiger partial charge >= 0.3 is 0 Å². The van der Waals surface area contributed by atoms with Crippen LogP contribution in [0, 0.1) is 0 Å². The summed E-state index contributed by atoms with van der Waals surface area (Å²) in [6.45, 7) is 2.62. The number of nitrogens with zero attached hydrogens (tertiary/aromatic N) is 1. The highest BCUT2D eigenvalue weighted by Crippen LogP contribution is 2.21. The van der Waals surface area contributed by atoms with E-state index < -0.39 is 0 Å². The van der Waals surface area contributed by atoms with Crippen molar-refractivity contribution in [1.82, 2.24) is 10.2 Å². The van der Waals surface area contributed by atoms with Crippen molar-refractivity contribution in [2.24, 2.45) is 0 Å². The molecule has 0 radical (unpaired) electrons. The fraction of sp³-hybridized carbons (Fsp3) is 0.611. The van der Waals surface area contributed by atoms with Gasteiger partial charge in [0.15, 0.2) is 0 Å². The Morgan fingerprint density at radius 3 is 2.52 bits per heavy atom. The summed E-state index contributed by atoms with van der Waals surface area (Å²) < 4.78 is 0. The van der Waals surface area contributed by atoms with Gasteiger partial charge in [-0.05, 0) is 31.9 Å². The summed E-state index contributed by atoms with van der Waals surface area (Å²) in [6, 6.07) is 10.9. The van der Waals surface area contributed by atoms with Crippen molar-refractivity contribution in [3.8, 4) is 0 Å². The average molecular weight is 288 g/mol. The van der Waals surface area contributed by atoms with Crippen LogP contribution >= 0.6 is 0 Å². The van der Waals surface area contributed by atoms with Crippen LogP contribution < -0.4 is 5.32 Å². The molecule has 3 nitrogen and oxygen atoms in total. The Balaban J connectivity index is 1.85. The van der Waals surface area contributed by atoms with Crippen LogP contribution in [-0.4, -0.2) is 30.4 Å². The topological polar surface area (TPSA) is 32.3 Å². The summed E-state index contributed by atoms with van der Waals surface area (Å²) in [4.78, 5) is 14.5. The molecule has 3 heteroatoms. The van der Waals surface area contributed by atoms with Gasteiger partial charge in [-0.25, -0.2) is 0 Å². The highest BCUT2D eigenvalue weighted by molar-refractivity contribution is 5.78. The second kappa shape index (κ2) is 8.18. The van der Waals surface area contributed by atoms with Gasteiger partial charge in [0.2, 0.25) is 5.91 Å². The van der Waals surface area contributed by atoms with Crippen molar-refractivity contribution in [3.05, 3.63) is 35.9 Å². The first kappa shape index (κ1) is 16.0. The Bertz CT molecular complexity index is 426. The number of likely N-dealkylation sites (N-methyl/N-ethyl adjacent to an activating group) is 1. The summed E-state index contributed by atoms with van der Waals surface area (Å²) in [7, 11) is 2.08. The van der Waals surface area contributed by atoms with Crippen molar-refractivity contribution in [2.75, 3.05) is 13.6 Å². The number of nitrogens with one attached hydrogen (secondary N) is 1. The molecule has 1 fully saturated rings. The number of amides is 1. The number of hydrogen-bond acceptors (Lipinski definition) is 2. The average Bonchev–Trinajstić information content (AvgIpc) is 2.54. The molecule has 0 aromatic heterocycles. The monoisotopic (exact) mass is 288 g/mol. The van der Waals surface area contributed by atoms with Crippen LogP contribution in [0.4, 0.5) is 0 Å². The van der Waals surface area contributed by atoms with Gasteiger partial charge in [0.05, 0.1) is 12.6 Å². The first-order valence-electron chi connectivity index (χ1n) is 8.25. The molecule has 1 unspecified atom stereocenters. The quantitative estimate of drug-likeness (QED) is 0.868. The fourth-order valence-corrected chi connectivity index (χ4v) is 3.22. The van der Waals surface area contributed by atoms with Gasteiger partial charge in [0.1, 0.15) is 0 Å². The predicted molar refractivity (Wildman–Crippen MR) is 87.1 cm³/mol. The van der Waals surface area contributed by atoms with E-state index in [1.165, 1.54) is 37.7 Å². The molecule has 1 aliphatic carbocycles. The molecule has 2 rings (SSSR count). The van der Waals surface area contributed by atoms with Crippen LogP contribution in [0.5, 0.6) is 0 Å². The van der Waals surface area contributed by atoms with Gasteiger partial charge in [0.25, 0.3) is 0 Å². The lowest BCUT2D eigenvalue weighted by Gasteiger charge is -2.31. The minimum Gasteiger partial charge on any atom is -0.348 e. The van der Waals surface area contributed by atoms with Gasteiger partial charge in [-0.15, -0.1) is 0 Å². The molecule has 1 aromatic carbocycles. The highest BCUT2D eigenvalue weighted by Gasteiger charge is 2.21. The Morgan fingerprint density at radius 1 is 1.24 bits per heavy atom. The molecule has 0 heterocycles. The molecule has 0 bridgehead atoms. The number of carbonyl (C=O) groups excluding carboxylic acids is 1. The smallest absolute Gasteiger partial charge is 0.234 e. The molecule has 1 amide bonds. The van der Waals surface area contributed by atoms with Crippen LogP contribution in [0.25, 0.3) is 0 Å². The van der Waals surface area contributed by atoms with Crippen LogP contribution in [0.1, 0.15) is 57.1 Å². The molecule has 0 aliphatic heterocycles. The Kier molecular flexibility index (Phi) is 6.24. The zero-order valence-corrected chi connectivity index (χ0v) is 13.3. The third-order valence-electron chi connectivity index (χ3n) is 4.54. The van der Waals surface area contributed by atoms with Crippen molar-refractivity contribution < 1.29 is 4.79 Å². The normalized spacial score (nSPS) is 17.7. The Labute approximate surface area is 128 Å². The summed E-state index contributed by atoms with van der Waals surface area (Å²) in [6.07, 6.45) is 7.35. The maximum absolute atomic E-state index is 12.3. The van der Waals surface area contributed by atoms with Gasteiger partial charge in [-0.3, -0.25) is 9.69 Å². The number of carbonyl (C=O) groups is 1. The van der Waals surface area contributed by atoms with E-state index in [0.717, 1.165) is 6.42 Å². The molecular formula is C18H28N2O. The Morgan fingerprint density at radius 2 is 1.90 bits per heavy atom. The third kappa shape index (κ3) is 4.85. The first-order valence-corrected chi connectivity index (χ1v) is 8.25. The SMILES string of the molecule is CCC(NC(=O)CN(C)C1CCCCC1)c1ccccc1. The summed E-state index contributed by atoms with van der Waals surface area (Å²) >= 11 is 0. The van der Waals surface area contributed by atoms with E-state index in [0.29, 0.717) is 12.6 Å². The molecule has 21 heavy (non-hydrogen) atoms. The zero-order valence-electron chi connectivity index (χ0n) is 13.3. The zero-order chi connectivity index (χ0) is 15.1. The molecule has 1 atom stereocenters. The van der Waals surface area contributed by atoms with Gasteiger partial charge in [0, 0.05) is 6.04 Å². The van der Waals surface area contributed by atoms with E-state index in [9.17, 15) is 4.79 Å². The van der Waals surface area contributed by atoms with E-state index in [2.05, 4.69) is 36.3 Å². The number of rotatable bonds is 6. The molecule has 0 saturated heterocycles. The molecule has 1 aliphatic rings. The van der Waals surface area contributed by atoms with E-state index in [4.69, 9.17) is 0 Å². The lowest BCUT2D eigenvalue weighted by Crippen LogP contribution is -2.42. The summed E-state index contributed by atoms with van der Waals surface area (Å²) in [5, 5.41) is 3.17.